The van der Waals surface area contributed by atoms with Crippen molar-refractivity contribution in [2.45, 2.75) is 66.1 Å². The van der Waals surface area contributed by atoms with Crippen LogP contribution in [0.4, 0.5) is 0 Å². The Morgan fingerprint density at radius 3 is 1.81 bits per heavy atom. The maximum Gasteiger partial charge on any atom is 0.204 e. The Bertz CT molecular complexity index is 268. The fourth-order valence-corrected chi connectivity index (χ4v) is 0.935. The maximum atomic E-state index is 8.98. The zero-order valence-electron chi connectivity index (χ0n) is 15.0. The first-order chi connectivity index (χ1) is 9.31. The second kappa shape index (κ2) is 12.7. The van der Waals surface area contributed by atoms with Crippen LogP contribution < -0.4 is 5.73 Å². The predicted octanol–water partition coefficient (Wildman–Crippen LogP) is 3.43. The zero-order chi connectivity index (χ0) is 17.7. The molecule has 0 aromatic carbocycles. The summed E-state index contributed by atoms with van der Waals surface area (Å²) in [4.78, 5) is 8.58. The highest BCUT2D eigenvalue weighted by atomic mass is 16.5. The summed E-state index contributed by atoms with van der Waals surface area (Å²) in [7, 11) is 1.71. The van der Waals surface area contributed by atoms with Crippen molar-refractivity contribution in [3.8, 4) is 0 Å². The van der Waals surface area contributed by atoms with E-state index >= 15 is 0 Å². The minimum absolute atomic E-state index is 0.0417. The van der Waals surface area contributed by atoms with Crippen molar-refractivity contribution in [1.29, 1.82) is 0 Å². The van der Waals surface area contributed by atoms with Crippen molar-refractivity contribution in [1.82, 2.24) is 0 Å². The highest BCUT2D eigenvalue weighted by molar-refractivity contribution is 5.42. The van der Waals surface area contributed by atoms with Crippen LogP contribution in [0.3, 0.4) is 0 Å². The van der Waals surface area contributed by atoms with Crippen LogP contribution in [-0.2, 0) is 14.3 Å². The van der Waals surface area contributed by atoms with E-state index in [1.165, 1.54) is 0 Å². The number of hydrogen-bond donors (Lipinski definition) is 2. The summed E-state index contributed by atoms with van der Waals surface area (Å²) < 4.78 is 10.5. The van der Waals surface area contributed by atoms with Crippen molar-refractivity contribution in [2.75, 3.05) is 13.7 Å². The number of primary amides is 1. The second-order valence-corrected chi connectivity index (χ2v) is 6.66. The van der Waals surface area contributed by atoms with Crippen molar-refractivity contribution >= 4 is 6.41 Å². The van der Waals surface area contributed by atoms with Crippen LogP contribution in [0.5, 0.6) is 0 Å². The van der Waals surface area contributed by atoms with Gasteiger partial charge >= 0.3 is 0 Å². The first-order valence-electron chi connectivity index (χ1n) is 7.02. The number of rotatable bonds is 5. The number of carbonyl (C=O) groups excluding carboxylic acids is 1. The summed E-state index contributed by atoms with van der Waals surface area (Å²) in [5.74, 6) is 0.708. The van der Waals surface area contributed by atoms with E-state index in [0.29, 0.717) is 12.3 Å². The van der Waals surface area contributed by atoms with E-state index < -0.39 is 0 Å². The molecule has 0 aromatic rings. The number of aliphatic hydroxyl groups is 1. The van der Waals surface area contributed by atoms with Crippen molar-refractivity contribution in [2.24, 2.45) is 11.7 Å². The van der Waals surface area contributed by atoms with Gasteiger partial charge in [-0.3, -0.25) is 4.79 Å². The van der Waals surface area contributed by atoms with Gasteiger partial charge in [-0.15, -0.1) is 0 Å². The Balaban J connectivity index is -0.000000300. The van der Waals surface area contributed by atoms with Gasteiger partial charge in [-0.25, -0.2) is 0 Å². The van der Waals surface area contributed by atoms with Gasteiger partial charge in [0.25, 0.3) is 0 Å². The molecule has 0 aromatic heterocycles. The predicted molar refractivity (Wildman–Crippen MR) is 88.3 cm³/mol. The minimum Gasteiger partial charge on any atom is -0.513 e. The third kappa shape index (κ3) is 32.5. The highest BCUT2D eigenvalue weighted by Gasteiger charge is 2.19. The maximum absolute atomic E-state index is 8.98. The number of amides is 1. The average molecular weight is 305 g/mol. The quantitative estimate of drug-likeness (QED) is 0.602. The average Bonchev–Trinajstić information content (AvgIpc) is 2.26. The molecular weight excluding hydrogens is 270 g/mol. The topological polar surface area (TPSA) is 81.8 Å². The molecule has 0 radical (unpaired) electrons. The van der Waals surface area contributed by atoms with Crippen LogP contribution in [0.25, 0.3) is 0 Å². The van der Waals surface area contributed by atoms with Gasteiger partial charge in [0.1, 0.15) is 0 Å². The van der Waals surface area contributed by atoms with Crippen LogP contribution in [0.2, 0.25) is 0 Å². The monoisotopic (exact) mass is 305 g/mol. The third-order valence-electron chi connectivity index (χ3n) is 2.05. The van der Waals surface area contributed by atoms with Gasteiger partial charge in [0.15, 0.2) is 0 Å². The Morgan fingerprint density at radius 1 is 1.29 bits per heavy atom. The van der Waals surface area contributed by atoms with E-state index in [-0.39, 0.29) is 23.4 Å². The summed E-state index contributed by atoms with van der Waals surface area (Å²) in [5, 5.41) is 8.98. The van der Waals surface area contributed by atoms with Crippen molar-refractivity contribution in [3.05, 3.63) is 12.3 Å². The fourth-order valence-electron chi connectivity index (χ4n) is 0.935. The molecule has 5 heteroatoms. The van der Waals surface area contributed by atoms with E-state index in [4.69, 9.17) is 19.4 Å². The Kier molecular flexibility index (Phi) is 15.0. The second-order valence-electron chi connectivity index (χ2n) is 6.66. The molecule has 0 aliphatic heterocycles. The molecule has 0 atom stereocenters. The lowest BCUT2D eigenvalue weighted by molar-refractivity contribution is -0.106. The van der Waals surface area contributed by atoms with Crippen LogP contribution in [0, 0.1) is 5.92 Å². The SMILES string of the molecule is C=C(O)CC(C)(C)OCC(C)C.COC(C)(C)C.NC=O. The molecule has 21 heavy (non-hydrogen) atoms. The number of carbonyl (C=O) groups is 1. The number of aliphatic hydroxyl groups excluding tert-OH is 1. The van der Waals surface area contributed by atoms with Crippen molar-refractivity contribution < 1.29 is 19.4 Å². The molecular formula is C16H35NO4. The number of hydrogen-bond acceptors (Lipinski definition) is 4. The molecule has 128 valence electrons. The molecule has 0 aliphatic rings. The number of methoxy groups -OCH3 is 1. The zero-order valence-corrected chi connectivity index (χ0v) is 15.0. The van der Waals surface area contributed by atoms with Crippen LogP contribution in [0.1, 0.15) is 54.9 Å². The van der Waals surface area contributed by atoms with E-state index in [1.807, 2.05) is 34.6 Å². The molecule has 0 unspecified atom stereocenters. The smallest absolute Gasteiger partial charge is 0.204 e. The van der Waals surface area contributed by atoms with Gasteiger partial charge in [0.05, 0.1) is 17.0 Å². The van der Waals surface area contributed by atoms with Gasteiger partial charge in [-0.2, -0.15) is 0 Å². The van der Waals surface area contributed by atoms with E-state index in [1.54, 1.807) is 7.11 Å². The van der Waals surface area contributed by atoms with E-state index in [2.05, 4.69) is 26.2 Å². The van der Waals surface area contributed by atoms with Gasteiger partial charge < -0.3 is 20.3 Å². The van der Waals surface area contributed by atoms with Crippen LogP contribution in [-0.4, -0.2) is 36.4 Å². The highest BCUT2D eigenvalue weighted by Crippen LogP contribution is 2.18. The molecule has 0 heterocycles. The molecule has 0 saturated carbocycles. The van der Waals surface area contributed by atoms with E-state index in [0.717, 1.165) is 6.61 Å². The number of ether oxygens (including phenoxy) is 2. The molecule has 0 aliphatic carbocycles. The van der Waals surface area contributed by atoms with Crippen LogP contribution in [0.15, 0.2) is 12.3 Å². The Morgan fingerprint density at radius 2 is 1.62 bits per heavy atom. The van der Waals surface area contributed by atoms with Crippen molar-refractivity contribution in [3.63, 3.8) is 0 Å². The lowest BCUT2D eigenvalue weighted by Gasteiger charge is -2.25. The van der Waals surface area contributed by atoms with Gasteiger partial charge in [0.2, 0.25) is 6.41 Å². The number of nitrogens with two attached hydrogens (primary N) is 1. The molecule has 0 bridgehead atoms. The molecule has 3 N–H and O–H groups in total. The molecule has 0 spiro atoms. The summed E-state index contributed by atoms with van der Waals surface area (Å²) in [6, 6.07) is 0. The normalized spacial score (nSPS) is 10.9. The first-order valence-corrected chi connectivity index (χ1v) is 7.02. The van der Waals surface area contributed by atoms with Gasteiger partial charge in [-0.1, -0.05) is 20.4 Å². The lowest BCUT2D eigenvalue weighted by atomic mass is 10.0. The van der Waals surface area contributed by atoms with Gasteiger partial charge in [-0.05, 0) is 40.5 Å². The van der Waals surface area contributed by atoms with E-state index in [9.17, 15) is 0 Å². The summed E-state index contributed by atoms with van der Waals surface area (Å²) in [6.07, 6.45) is 0.750. The molecule has 1 amide bonds. The van der Waals surface area contributed by atoms with Crippen LogP contribution >= 0.6 is 0 Å². The molecule has 5 nitrogen and oxygen atoms in total. The minimum atomic E-state index is -0.296. The molecule has 0 rings (SSSR count). The third-order valence-corrected chi connectivity index (χ3v) is 2.05. The Labute approximate surface area is 130 Å². The molecule has 0 fully saturated rings. The fraction of sp³-hybridized carbons (Fsp3) is 0.812. The summed E-state index contributed by atoms with van der Waals surface area (Å²) in [5.41, 5.74) is 3.91. The standard InChI is InChI=1S/C10H20O2.C5H12O.CH3NO/c1-8(2)7-12-10(4,5)6-9(3)11;1-5(2,3)6-4;2-1-3/h8,11H,3,6-7H2,1-2,4-5H3;1-4H3;1H,(H2,2,3). The summed E-state index contributed by atoms with van der Waals surface area (Å²) >= 11 is 0. The lowest BCUT2D eigenvalue weighted by Crippen LogP contribution is -2.26. The summed E-state index contributed by atoms with van der Waals surface area (Å²) in [6.45, 7) is 18.3. The van der Waals surface area contributed by atoms with Gasteiger partial charge in [0, 0.05) is 20.1 Å². The largest absolute Gasteiger partial charge is 0.513 e. The molecule has 0 saturated heterocycles. The Hall–Kier alpha value is -1.07. The first kappa shape index (κ1) is 24.9.